The molecule has 0 aliphatic heterocycles. The van der Waals surface area contributed by atoms with Crippen LogP contribution in [0.1, 0.15) is 23.9 Å². The molecule has 0 aromatic carbocycles. The lowest BCUT2D eigenvalue weighted by molar-refractivity contribution is 0.876. The number of halogens is 1. The molecule has 0 fully saturated rings. The third-order valence-corrected chi connectivity index (χ3v) is 4.56. The SMILES string of the molecule is CCNc1ncc(Br)c(Sc2nc(C)c(C)c(C)n2)n1. The molecule has 0 atom stereocenters. The standard InChI is InChI=1S/C13H16BrN5S/c1-5-15-12-16-6-10(14)11(19-12)20-13-17-8(3)7(2)9(4)18-13/h6H,5H2,1-4H3,(H,15,16,19). The van der Waals surface area contributed by atoms with Crippen LogP contribution in [-0.4, -0.2) is 26.5 Å². The summed E-state index contributed by atoms with van der Waals surface area (Å²) in [6.45, 7) is 8.81. The van der Waals surface area contributed by atoms with Gasteiger partial charge in [-0.3, -0.25) is 0 Å². The molecule has 0 amide bonds. The Bertz CT molecular complexity index is 609. The fourth-order valence-corrected chi connectivity index (χ4v) is 2.79. The first-order chi connectivity index (χ1) is 9.51. The van der Waals surface area contributed by atoms with Crippen LogP contribution in [-0.2, 0) is 0 Å². The van der Waals surface area contributed by atoms with Gasteiger partial charge < -0.3 is 5.32 Å². The van der Waals surface area contributed by atoms with E-state index in [9.17, 15) is 0 Å². The molecule has 2 aromatic heterocycles. The second-order valence-corrected chi connectivity index (χ2v) is 6.09. The molecule has 0 aliphatic carbocycles. The lowest BCUT2D eigenvalue weighted by Gasteiger charge is -2.08. The van der Waals surface area contributed by atoms with Gasteiger partial charge in [-0.15, -0.1) is 0 Å². The number of rotatable bonds is 4. The Hall–Kier alpha value is -1.21. The number of aryl methyl sites for hydroxylation is 2. The maximum atomic E-state index is 4.50. The zero-order valence-corrected chi connectivity index (χ0v) is 14.3. The van der Waals surface area contributed by atoms with Crippen LogP contribution in [0.3, 0.4) is 0 Å². The van der Waals surface area contributed by atoms with Crippen molar-refractivity contribution in [1.82, 2.24) is 19.9 Å². The molecule has 0 unspecified atom stereocenters. The lowest BCUT2D eigenvalue weighted by Crippen LogP contribution is -2.03. The van der Waals surface area contributed by atoms with E-state index in [2.05, 4.69) is 41.2 Å². The van der Waals surface area contributed by atoms with Crippen molar-refractivity contribution in [2.45, 2.75) is 37.9 Å². The second-order valence-electron chi connectivity index (χ2n) is 4.28. The average Bonchev–Trinajstić information content (AvgIpc) is 2.40. The van der Waals surface area contributed by atoms with Crippen LogP contribution in [0.2, 0.25) is 0 Å². The van der Waals surface area contributed by atoms with Crippen molar-refractivity contribution in [1.29, 1.82) is 0 Å². The minimum Gasteiger partial charge on any atom is -0.354 e. The Labute approximate surface area is 131 Å². The fraction of sp³-hybridized carbons (Fsp3) is 0.385. The van der Waals surface area contributed by atoms with E-state index in [0.717, 1.165) is 33.0 Å². The number of hydrogen-bond acceptors (Lipinski definition) is 6. The summed E-state index contributed by atoms with van der Waals surface area (Å²) in [5, 5.41) is 4.60. The summed E-state index contributed by atoms with van der Waals surface area (Å²) < 4.78 is 0.837. The van der Waals surface area contributed by atoms with E-state index in [1.165, 1.54) is 11.8 Å². The third kappa shape index (κ3) is 3.46. The van der Waals surface area contributed by atoms with Gasteiger partial charge in [0.05, 0.1) is 4.47 Å². The molecule has 0 radical (unpaired) electrons. The number of nitrogens with one attached hydrogen (secondary N) is 1. The van der Waals surface area contributed by atoms with Crippen LogP contribution in [0.5, 0.6) is 0 Å². The van der Waals surface area contributed by atoms with Crippen molar-refractivity contribution in [2.24, 2.45) is 0 Å². The van der Waals surface area contributed by atoms with Crippen LogP contribution in [0.4, 0.5) is 5.95 Å². The highest BCUT2D eigenvalue weighted by molar-refractivity contribution is 9.10. The first kappa shape index (κ1) is 15.2. The minimum absolute atomic E-state index is 0.610. The van der Waals surface area contributed by atoms with E-state index in [0.29, 0.717) is 11.1 Å². The van der Waals surface area contributed by atoms with Crippen LogP contribution < -0.4 is 5.32 Å². The van der Waals surface area contributed by atoms with Gasteiger partial charge in [0.2, 0.25) is 5.95 Å². The highest BCUT2D eigenvalue weighted by atomic mass is 79.9. The van der Waals surface area contributed by atoms with Crippen molar-refractivity contribution in [2.75, 3.05) is 11.9 Å². The summed E-state index contributed by atoms with van der Waals surface area (Å²) in [5.74, 6) is 0.610. The average molecular weight is 354 g/mol. The predicted octanol–water partition coefficient (Wildman–Crippen LogP) is 3.54. The molecular weight excluding hydrogens is 338 g/mol. The first-order valence-electron chi connectivity index (χ1n) is 6.27. The zero-order chi connectivity index (χ0) is 14.7. The lowest BCUT2D eigenvalue weighted by atomic mass is 10.2. The molecule has 2 rings (SSSR count). The number of hydrogen-bond donors (Lipinski definition) is 1. The van der Waals surface area contributed by atoms with Gasteiger partial charge in [-0.1, -0.05) is 0 Å². The molecule has 2 aromatic rings. The maximum absolute atomic E-state index is 4.50. The van der Waals surface area contributed by atoms with E-state index >= 15 is 0 Å². The highest BCUT2D eigenvalue weighted by Gasteiger charge is 2.11. The third-order valence-electron chi connectivity index (χ3n) is 2.85. The normalized spacial score (nSPS) is 10.7. The molecule has 0 spiro atoms. The summed E-state index contributed by atoms with van der Waals surface area (Å²) in [6, 6.07) is 0. The van der Waals surface area contributed by atoms with Gasteiger partial charge in [0.1, 0.15) is 5.03 Å². The van der Waals surface area contributed by atoms with Gasteiger partial charge >= 0.3 is 0 Å². The monoisotopic (exact) mass is 353 g/mol. The molecule has 0 bridgehead atoms. The topological polar surface area (TPSA) is 63.6 Å². The van der Waals surface area contributed by atoms with Crippen molar-refractivity contribution >= 4 is 33.6 Å². The molecule has 20 heavy (non-hydrogen) atoms. The molecular formula is C13H16BrN5S. The first-order valence-corrected chi connectivity index (χ1v) is 7.88. The van der Waals surface area contributed by atoms with Crippen molar-refractivity contribution in [3.05, 3.63) is 27.6 Å². The van der Waals surface area contributed by atoms with Gasteiger partial charge in [-0.2, -0.15) is 0 Å². The van der Waals surface area contributed by atoms with Crippen molar-refractivity contribution < 1.29 is 0 Å². The summed E-state index contributed by atoms with van der Waals surface area (Å²) >= 11 is 4.89. The van der Waals surface area contributed by atoms with Crippen LogP contribution in [0.15, 0.2) is 20.9 Å². The molecule has 7 heteroatoms. The van der Waals surface area contributed by atoms with Gasteiger partial charge in [-0.05, 0) is 61.0 Å². The molecule has 0 saturated carbocycles. The van der Waals surface area contributed by atoms with Crippen LogP contribution >= 0.6 is 27.7 Å². The Morgan fingerprint density at radius 3 is 2.40 bits per heavy atom. The number of anilines is 1. The van der Waals surface area contributed by atoms with E-state index < -0.39 is 0 Å². The number of aromatic nitrogens is 4. The molecule has 1 N–H and O–H groups in total. The van der Waals surface area contributed by atoms with Gasteiger partial charge in [0.15, 0.2) is 5.16 Å². The van der Waals surface area contributed by atoms with E-state index in [1.54, 1.807) is 6.20 Å². The molecule has 5 nitrogen and oxygen atoms in total. The van der Waals surface area contributed by atoms with Gasteiger partial charge in [0, 0.05) is 24.1 Å². The van der Waals surface area contributed by atoms with E-state index in [4.69, 9.17) is 0 Å². The van der Waals surface area contributed by atoms with E-state index in [-0.39, 0.29) is 0 Å². The molecule has 0 aliphatic rings. The molecule has 106 valence electrons. The molecule has 0 saturated heterocycles. The predicted molar refractivity (Wildman–Crippen MR) is 84.3 cm³/mol. The minimum atomic E-state index is 0.610. The van der Waals surface area contributed by atoms with Crippen LogP contribution in [0, 0.1) is 20.8 Å². The number of nitrogens with zero attached hydrogens (tertiary/aromatic N) is 4. The summed E-state index contributed by atoms with van der Waals surface area (Å²) in [6.07, 6.45) is 1.74. The largest absolute Gasteiger partial charge is 0.354 e. The van der Waals surface area contributed by atoms with Crippen molar-refractivity contribution in [3.8, 4) is 0 Å². The summed E-state index contributed by atoms with van der Waals surface area (Å²) in [4.78, 5) is 17.6. The Balaban J connectivity index is 2.32. The second kappa shape index (κ2) is 6.49. The zero-order valence-electron chi connectivity index (χ0n) is 11.9. The van der Waals surface area contributed by atoms with Gasteiger partial charge in [0.25, 0.3) is 0 Å². The Kier molecular flexibility index (Phi) is 4.93. The molecule has 2 heterocycles. The van der Waals surface area contributed by atoms with Gasteiger partial charge in [-0.25, -0.2) is 19.9 Å². The van der Waals surface area contributed by atoms with Crippen molar-refractivity contribution in [3.63, 3.8) is 0 Å². The summed E-state index contributed by atoms with van der Waals surface area (Å²) in [7, 11) is 0. The summed E-state index contributed by atoms with van der Waals surface area (Å²) in [5.41, 5.74) is 3.12. The smallest absolute Gasteiger partial charge is 0.223 e. The fourth-order valence-electron chi connectivity index (χ4n) is 1.54. The van der Waals surface area contributed by atoms with E-state index in [1.807, 2.05) is 27.7 Å². The quantitative estimate of drug-likeness (QED) is 0.669. The maximum Gasteiger partial charge on any atom is 0.223 e. The van der Waals surface area contributed by atoms with Crippen LogP contribution in [0.25, 0.3) is 0 Å². The Morgan fingerprint density at radius 1 is 1.15 bits per heavy atom. The Morgan fingerprint density at radius 2 is 1.80 bits per heavy atom. The highest BCUT2D eigenvalue weighted by Crippen LogP contribution is 2.30.